The molecule has 1 atom stereocenters. The van der Waals surface area contributed by atoms with Crippen molar-refractivity contribution in [2.75, 3.05) is 43.2 Å². The highest BCUT2D eigenvalue weighted by atomic mass is 28.3. The molecule has 0 unspecified atom stereocenters. The first kappa shape index (κ1) is 30.2. The number of carbonyl (C=O) groups is 1. The van der Waals surface area contributed by atoms with Crippen LogP contribution in [0.5, 0.6) is 0 Å². The molecule has 0 radical (unpaired) electrons. The summed E-state index contributed by atoms with van der Waals surface area (Å²) in [6.07, 6.45) is 6.47. The number of carbonyl (C=O) groups excluding carboxylic acids is 1. The van der Waals surface area contributed by atoms with Gasteiger partial charge in [-0.3, -0.25) is 4.79 Å². The van der Waals surface area contributed by atoms with E-state index in [1.807, 2.05) is 13.0 Å². The lowest BCUT2D eigenvalue weighted by atomic mass is 9.77. The van der Waals surface area contributed by atoms with E-state index >= 15 is 0 Å². The molecule has 0 amide bonds. The highest BCUT2D eigenvalue weighted by Gasteiger charge is 2.31. The van der Waals surface area contributed by atoms with E-state index < -0.39 is 8.07 Å². The molecule has 2 aliphatic rings. The molecule has 2 aromatic rings. The van der Waals surface area contributed by atoms with E-state index in [2.05, 4.69) is 47.9 Å². The van der Waals surface area contributed by atoms with Crippen LogP contribution in [-0.2, 0) is 25.7 Å². The second kappa shape index (κ2) is 13.7. The van der Waals surface area contributed by atoms with Crippen molar-refractivity contribution >= 4 is 37.7 Å². The summed E-state index contributed by atoms with van der Waals surface area (Å²) in [5, 5.41) is 16.3. The predicted octanol–water partition coefficient (Wildman–Crippen LogP) is 5.39. The average Bonchev–Trinajstić information content (AvgIpc) is 3.37. The highest BCUT2D eigenvalue weighted by molar-refractivity contribution is 6.76. The zero-order chi connectivity index (χ0) is 28.7. The molecule has 1 aliphatic carbocycles. The van der Waals surface area contributed by atoms with Gasteiger partial charge >= 0.3 is 5.97 Å². The summed E-state index contributed by atoms with van der Waals surface area (Å²) in [6.45, 7) is 14.6. The van der Waals surface area contributed by atoms with Gasteiger partial charge in [0, 0.05) is 39.1 Å². The molecule has 1 saturated carbocycles. The van der Waals surface area contributed by atoms with Gasteiger partial charge in [-0.25, -0.2) is 9.67 Å². The molecule has 2 aromatic heterocycles. The topological polar surface area (TPSA) is 115 Å². The molecule has 0 spiro atoms. The number of nitrogens with one attached hydrogen (secondary N) is 2. The fourth-order valence-electron chi connectivity index (χ4n) is 5.45. The average molecular weight is 571 g/mol. The van der Waals surface area contributed by atoms with Crippen LogP contribution in [0.1, 0.15) is 56.6 Å². The number of pyridine rings is 1. The minimum Gasteiger partial charge on any atom is -0.466 e. The van der Waals surface area contributed by atoms with Crippen molar-refractivity contribution in [2.45, 2.75) is 83.9 Å². The van der Waals surface area contributed by atoms with E-state index in [4.69, 9.17) is 24.6 Å². The molecule has 3 heterocycles. The Morgan fingerprint density at radius 3 is 2.73 bits per heavy atom. The van der Waals surface area contributed by atoms with Gasteiger partial charge in [-0.05, 0) is 63.1 Å². The Kier molecular flexibility index (Phi) is 10.4. The van der Waals surface area contributed by atoms with Gasteiger partial charge in [0.15, 0.2) is 0 Å². The zero-order valence-electron chi connectivity index (χ0n) is 24.7. The molecule has 220 valence electrons. The van der Waals surface area contributed by atoms with Crippen LogP contribution < -0.4 is 10.2 Å². The Morgan fingerprint density at radius 1 is 1.27 bits per heavy atom. The Morgan fingerprint density at radius 2 is 2.05 bits per heavy atom. The molecule has 2 fully saturated rings. The molecule has 1 saturated heterocycles. The fourth-order valence-corrected chi connectivity index (χ4v) is 6.21. The third-order valence-electron chi connectivity index (χ3n) is 7.84. The predicted molar refractivity (Wildman–Crippen MR) is 161 cm³/mol. The lowest BCUT2D eigenvalue weighted by Crippen LogP contribution is -2.44. The number of anilines is 3. The maximum atomic E-state index is 12.4. The monoisotopic (exact) mass is 570 g/mol. The Labute approximate surface area is 239 Å². The second-order valence-corrected chi connectivity index (χ2v) is 17.7. The first-order valence-corrected chi connectivity index (χ1v) is 18.3. The van der Waals surface area contributed by atoms with Crippen molar-refractivity contribution < 1.29 is 19.0 Å². The maximum Gasteiger partial charge on any atom is 0.308 e. The third-order valence-corrected chi connectivity index (χ3v) is 9.55. The molecular formula is C29H46N6O4Si. The standard InChI is InChI=1S/C29H46N6O4Si/c1-6-39-29(36)23-9-7-22(8-10-23)24-17-27(34-13-14-37-19-21(34)2)33-28(25(24)18-30)32-26-11-12-31-35(26)20-38-15-16-40(3,4)5/h11-12,17-18,21-23,30H,6-10,13-16,19-20H2,1-5H3,(H,32,33)/t21-,22?,23?/m1/s1. The number of nitrogens with zero attached hydrogens (tertiary/aromatic N) is 4. The van der Waals surface area contributed by atoms with Crippen LogP contribution >= 0.6 is 0 Å². The van der Waals surface area contributed by atoms with Crippen LogP contribution in [0, 0.1) is 11.3 Å². The van der Waals surface area contributed by atoms with Crippen molar-refractivity contribution in [3.05, 3.63) is 29.5 Å². The van der Waals surface area contributed by atoms with E-state index in [9.17, 15) is 4.79 Å². The molecule has 40 heavy (non-hydrogen) atoms. The van der Waals surface area contributed by atoms with Crippen LogP contribution in [0.3, 0.4) is 0 Å². The number of aromatic nitrogens is 3. The van der Waals surface area contributed by atoms with E-state index in [1.165, 1.54) is 6.21 Å². The van der Waals surface area contributed by atoms with Crippen molar-refractivity contribution in [2.24, 2.45) is 5.92 Å². The lowest BCUT2D eigenvalue weighted by Gasteiger charge is -2.36. The second-order valence-electron chi connectivity index (χ2n) is 12.1. The summed E-state index contributed by atoms with van der Waals surface area (Å²) in [7, 11) is -1.18. The number of ether oxygens (including phenoxy) is 3. The molecule has 1 aliphatic heterocycles. The van der Waals surface area contributed by atoms with E-state index in [-0.39, 0.29) is 23.8 Å². The molecule has 11 heteroatoms. The van der Waals surface area contributed by atoms with E-state index in [1.54, 1.807) is 10.9 Å². The van der Waals surface area contributed by atoms with Crippen molar-refractivity contribution in [1.29, 1.82) is 5.41 Å². The Hall–Kier alpha value is -2.76. The van der Waals surface area contributed by atoms with Crippen molar-refractivity contribution in [3.8, 4) is 0 Å². The van der Waals surface area contributed by atoms with Gasteiger partial charge in [0.25, 0.3) is 0 Å². The summed E-state index contributed by atoms with van der Waals surface area (Å²) < 4.78 is 18.7. The summed E-state index contributed by atoms with van der Waals surface area (Å²) in [4.78, 5) is 19.7. The quantitative estimate of drug-likeness (QED) is 0.151. The van der Waals surface area contributed by atoms with E-state index in [0.717, 1.165) is 61.0 Å². The molecule has 0 bridgehead atoms. The van der Waals surface area contributed by atoms with Crippen LogP contribution in [0.15, 0.2) is 18.3 Å². The largest absolute Gasteiger partial charge is 0.466 e. The van der Waals surface area contributed by atoms with Crippen molar-refractivity contribution in [1.82, 2.24) is 14.8 Å². The first-order chi connectivity index (χ1) is 19.2. The molecule has 4 rings (SSSR count). The van der Waals surface area contributed by atoms with E-state index in [0.29, 0.717) is 39.0 Å². The molecule has 2 N–H and O–H groups in total. The smallest absolute Gasteiger partial charge is 0.308 e. The van der Waals surface area contributed by atoms with Gasteiger partial charge in [-0.2, -0.15) is 5.10 Å². The zero-order valence-corrected chi connectivity index (χ0v) is 25.7. The molecular weight excluding hydrogens is 524 g/mol. The highest BCUT2D eigenvalue weighted by Crippen LogP contribution is 2.40. The van der Waals surface area contributed by atoms with Crippen LogP contribution in [0.4, 0.5) is 17.5 Å². The fraction of sp³-hybridized carbons (Fsp3) is 0.655. The molecule has 0 aromatic carbocycles. The lowest BCUT2D eigenvalue weighted by molar-refractivity contribution is -0.149. The van der Waals surface area contributed by atoms with Gasteiger partial charge in [0.05, 0.1) is 38.0 Å². The summed E-state index contributed by atoms with van der Waals surface area (Å²) in [6, 6.07) is 5.35. The third kappa shape index (κ3) is 7.70. The van der Waals surface area contributed by atoms with Gasteiger partial charge in [0.2, 0.25) is 0 Å². The van der Waals surface area contributed by atoms with Gasteiger partial charge in [-0.1, -0.05) is 19.6 Å². The van der Waals surface area contributed by atoms with Crippen molar-refractivity contribution in [3.63, 3.8) is 0 Å². The van der Waals surface area contributed by atoms with Crippen LogP contribution in [0.25, 0.3) is 0 Å². The number of morpholine rings is 1. The molecule has 10 nitrogen and oxygen atoms in total. The Balaban J connectivity index is 1.60. The minimum absolute atomic E-state index is 0.0481. The summed E-state index contributed by atoms with van der Waals surface area (Å²) >= 11 is 0. The Bertz CT molecular complexity index is 1140. The minimum atomic E-state index is -1.18. The summed E-state index contributed by atoms with van der Waals surface area (Å²) in [5.41, 5.74) is 1.87. The van der Waals surface area contributed by atoms with Crippen LogP contribution in [0.2, 0.25) is 25.7 Å². The first-order valence-electron chi connectivity index (χ1n) is 14.6. The van der Waals surface area contributed by atoms with Gasteiger partial charge in [-0.15, -0.1) is 0 Å². The summed E-state index contributed by atoms with van der Waals surface area (Å²) in [5.74, 6) is 2.38. The number of hydrogen-bond donors (Lipinski definition) is 2. The van der Waals surface area contributed by atoms with Gasteiger partial charge in [0.1, 0.15) is 24.2 Å². The van der Waals surface area contributed by atoms with Gasteiger partial charge < -0.3 is 29.8 Å². The SMILES string of the molecule is CCOC(=O)C1CCC(c2cc(N3CCOC[C@H]3C)nc(Nc3ccnn3COCC[Si](C)(C)C)c2C=N)CC1. The van der Waals surface area contributed by atoms with Crippen LogP contribution in [-0.4, -0.2) is 74.0 Å². The normalized spacial score (nSPS) is 21.7. The number of hydrogen-bond acceptors (Lipinski definition) is 9. The number of rotatable bonds is 12. The maximum absolute atomic E-state index is 12.4. The number of esters is 1.